The Labute approximate surface area is 109 Å². The molecule has 1 saturated heterocycles. The summed E-state index contributed by atoms with van der Waals surface area (Å²) in [7, 11) is 0. The number of nitrogens with one attached hydrogen (secondary N) is 1. The van der Waals surface area contributed by atoms with E-state index >= 15 is 0 Å². The number of piperazine rings is 1. The van der Waals surface area contributed by atoms with Gasteiger partial charge in [-0.1, -0.05) is 6.92 Å². The third-order valence-corrected chi connectivity index (χ3v) is 2.95. The van der Waals surface area contributed by atoms with Crippen LogP contribution in [0.3, 0.4) is 0 Å². The molecule has 0 aromatic carbocycles. The van der Waals surface area contributed by atoms with E-state index in [-0.39, 0.29) is 12.4 Å². The molecule has 1 fully saturated rings. The van der Waals surface area contributed by atoms with Gasteiger partial charge in [-0.3, -0.25) is 4.90 Å². The Morgan fingerprint density at radius 1 is 1.53 bits per heavy atom. The van der Waals surface area contributed by atoms with Crippen molar-refractivity contribution in [2.75, 3.05) is 19.6 Å². The minimum atomic E-state index is 0. The number of aryl methyl sites for hydroxylation is 1. The van der Waals surface area contributed by atoms with Gasteiger partial charge in [0, 0.05) is 32.2 Å². The highest BCUT2D eigenvalue weighted by atomic mass is 35.5. The van der Waals surface area contributed by atoms with Crippen LogP contribution in [0.25, 0.3) is 0 Å². The molecule has 0 spiro atoms. The molecule has 0 saturated carbocycles. The minimum absolute atomic E-state index is 0. The first-order chi connectivity index (χ1) is 7.79. The topological polar surface area (TPSA) is 46.0 Å². The van der Waals surface area contributed by atoms with Gasteiger partial charge in [0.1, 0.15) is 12.2 Å². The molecule has 1 aliphatic heterocycles. The van der Waals surface area contributed by atoms with Crippen LogP contribution in [0.5, 0.6) is 0 Å². The molecule has 5 nitrogen and oxygen atoms in total. The first kappa shape index (κ1) is 14.4. The van der Waals surface area contributed by atoms with Crippen molar-refractivity contribution in [2.45, 2.75) is 39.4 Å². The van der Waals surface area contributed by atoms with Crippen LogP contribution in [0.15, 0.2) is 6.33 Å². The second-order valence-electron chi connectivity index (χ2n) is 4.49. The van der Waals surface area contributed by atoms with Gasteiger partial charge in [-0.25, -0.2) is 9.67 Å². The molecule has 1 unspecified atom stereocenters. The van der Waals surface area contributed by atoms with Crippen molar-refractivity contribution in [3.63, 3.8) is 0 Å². The van der Waals surface area contributed by atoms with E-state index in [1.54, 1.807) is 6.33 Å². The van der Waals surface area contributed by atoms with Crippen molar-refractivity contribution >= 4 is 12.4 Å². The SMILES string of the molecule is CCCn1ncnc1CN1CCNC(C)C1.Cl. The standard InChI is InChI=1S/C11H21N5.ClH/c1-3-5-16-11(13-9-14-16)8-15-6-4-12-10(2)7-15;/h9-10,12H,3-8H2,1-2H3;1H. The molecule has 0 aliphatic carbocycles. The average molecular weight is 260 g/mol. The number of hydrogen-bond acceptors (Lipinski definition) is 4. The lowest BCUT2D eigenvalue weighted by atomic mass is 10.2. The van der Waals surface area contributed by atoms with Crippen molar-refractivity contribution in [1.82, 2.24) is 25.0 Å². The fraction of sp³-hybridized carbons (Fsp3) is 0.818. The second kappa shape index (κ2) is 6.93. The van der Waals surface area contributed by atoms with Gasteiger partial charge in [-0.2, -0.15) is 5.10 Å². The number of halogens is 1. The fourth-order valence-corrected chi connectivity index (χ4v) is 2.16. The summed E-state index contributed by atoms with van der Waals surface area (Å²) < 4.78 is 2.02. The number of aromatic nitrogens is 3. The van der Waals surface area contributed by atoms with Crippen LogP contribution in [-0.4, -0.2) is 45.3 Å². The van der Waals surface area contributed by atoms with Crippen LogP contribution < -0.4 is 5.32 Å². The molecule has 1 atom stereocenters. The summed E-state index contributed by atoms with van der Waals surface area (Å²) >= 11 is 0. The molecule has 0 radical (unpaired) electrons. The van der Waals surface area contributed by atoms with E-state index < -0.39 is 0 Å². The third-order valence-electron chi connectivity index (χ3n) is 2.95. The Bertz CT molecular complexity index is 327. The van der Waals surface area contributed by atoms with Crippen LogP contribution >= 0.6 is 12.4 Å². The molecular formula is C11H22ClN5. The monoisotopic (exact) mass is 259 g/mol. The lowest BCUT2D eigenvalue weighted by molar-refractivity contribution is 0.192. The number of nitrogens with zero attached hydrogens (tertiary/aromatic N) is 4. The molecular weight excluding hydrogens is 238 g/mol. The van der Waals surface area contributed by atoms with Crippen molar-refractivity contribution in [2.24, 2.45) is 0 Å². The zero-order valence-corrected chi connectivity index (χ0v) is 11.4. The zero-order chi connectivity index (χ0) is 11.4. The van der Waals surface area contributed by atoms with Crippen molar-refractivity contribution in [3.05, 3.63) is 12.2 Å². The molecule has 1 aliphatic rings. The largest absolute Gasteiger partial charge is 0.312 e. The van der Waals surface area contributed by atoms with Crippen LogP contribution in [0.4, 0.5) is 0 Å². The molecule has 98 valence electrons. The molecule has 1 N–H and O–H groups in total. The highest BCUT2D eigenvalue weighted by Gasteiger charge is 2.17. The van der Waals surface area contributed by atoms with E-state index in [4.69, 9.17) is 0 Å². The fourth-order valence-electron chi connectivity index (χ4n) is 2.16. The summed E-state index contributed by atoms with van der Waals surface area (Å²) in [6.07, 6.45) is 2.77. The zero-order valence-electron chi connectivity index (χ0n) is 10.6. The van der Waals surface area contributed by atoms with Gasteiger partial charge in [-0.05, 0) is 13.3 Å². The normalized spacial score (nSPS) is 21.2. The first-order valence-corrected chi connectivity index (χ1v) is 6.12. The maximum absolute atomic E-state index is 4.34. The third kappa shape index (κ3) is 3.94. The van der Waals surface area contributed by atoms with Crippen LogP contribution in [0, 0.1) is 0 Å². The Balaban J connectivity index is 0.00000144. The Kier molecular flexibility index (Phi) is 5.88. The summed E-state index contributed by atoms with van der Waals surface area (Å²) in [5.41, 5.74) is 0. The van der Waals surface area contributed by atoms with Gasteiger partial charge in [-0.15, -0.1) is 12.4 Å². The summed E-state index contributed by atoms with van der Waals surface area (Å²) in [4.78, 5) is 6.79. The van der Waals surface area contributed by atoms with Crippen LogP contribution in [0.1, 0.15) is 26.1 Å². The van der Waals surface area contributed by atoms with Crippen molar-refractivity contribution in [1.29, 1.82) is 0 Å². The number of hydrogen-bond donors (Lipinski definition) is 1. The average Bonchev–Trinajstić information content (AvgIpc) is 2.66. The predicted molar refractivity (Wildman–Crippen MR) is 70.3 cm³/mol. The molecule has 1 aromatic heterocycles. The van der Waals surface area contributed by atoms with Gasteiger partial charge in [0.15, 0.2) is 0 Å². The van der Waals surface area contributed by atoms with Gasteiger partial charge < -0.3 is 5.32 Å². The van der Waals surface area contributed by atoms with Crippen LogP contribution in [0.2, 0.25) is 0 Å². The summed E-state index contributed by atoms with van der Waals surface area (Å²) in [5, 5.41) is 7.70. The van der Waals surface area contributed by atoms with E-state index in [9.17, 15) is 0 Å². The lowest BCUT2D eigenvalue weighted by Gasteiger charge is -2.31. The Morgan fingerprint density at radius 3 is 3.06 bits per heavy atom. The predicted octanol–water partition coefficient (Wildman–Crippen LogP) is 0.904. The van der Waals surface area contributed by atoms with Gasteiger partial charge in [0.25, 0.3) is 0 Å². The maximum Gasteiger partial charge on any atom is 0.141 e. The van der Waals surface area contributed by atoms with Gasteiger partial charge in [0.05, 0.1) is 6.54 Å². The summed E-state index contributed by atoms with van der Waals surface area (Å²) in [6, 6.07) is 0.580. The van der Waals surface area contributed by atoms with Gasteiger partial charge in [0.2, 0.25) is 0 Å². The van der Waals surface area contributed by atoms with E-state index in [0.717, 1.165) is 45.0 Å². The first-order valence-electron chi connectivity index (χ1n) is 6.12. The number of rotatable bonds is 4. The Morgan fingerprint density at radius 2 is 2.35 bits per heavy atom. The molecule has 0 bridgehead atoms. The summed E-state index contributed by atoms with van der Waals surface area (Å²) in [6.45, 7) is 9.55. The quantitative estimate of drug-likeness (QED) is 0.873. The molecule has 6 heteroatoms. The lowest BCUT2D eigenvalue weighted by Crippen LogP contribution is -2.48. The minimum Gasteiger partial charge on any atom is -0.312 e. The van der Waals surface area contributed by atoms with E-state index in [0.29, 0.717) is 6.04 Å². The maximum atomic E-state index is 4.34. The van der Waals surface area contributed by atoms with Gasteiger partial charge >= 0.3 is 0 Å². The highest BCUT2D eigenvalue weighted by molar-refractivity contribution is 5.85. The molecule has 2 heterocycles. The van der Waals surface area contributed by atoms with E-state index in [1.807, 2.05) is 4.68 Å². The molecule has 1 aromatic rings. The molecule has 0 amide bonds. The highest BCUT2D eigenvalue weighted by Crippen LogP contribution is 2.05. The van der Waals surface area contributed by atoms with E-state index in [1.165, 1.54) is 0 Å². The molecule has 17 heavy (non-hydrogen) atoms. The van der Waals surface area contributed by atoms with Crippen molar-refractivity contribution in [3.8, 4) is 0 Å². The summed E-state index contributed by atoms with van der Waals surface area (Å²) in [5.74, 6) is 1.09. The molecule has 2 rings (SSSR count). The smallest absolute Gasteiger partial charge is 0.141 e. The van der Waals surface area contributed by atoms with E-state index in [2.05, 4.69) is 34.1 Å². The van der Waals surface area contributed by atoms with Crippen LogP contribution in [-0.2, 0) is 13.1 Å². The second-order valence-corrected chi connectivity index (χ2v) is 4.49. The van der Waals surface area contributed by atoms with Crippen molar-refractivity contribution < 1.29 is 0 Å². The Hall–Kier alpha value is -0.650.